The van der Waals surface area contributed by atoms with Crippen LogP contribution in [0.3, 0.4) is 0 Å². The van der Waals surface area contributed by atoms with Crippen LogP contribution < -0.4 is 0 Å². The van der Waals surface area contributed by atoms with Crippen molar-refractivity contribution in [3.8, 4) is 0 Å². The van der Waals surface area contributed by atoms with E-state index in [-0.39, 0.29) is 18.4 Å². The Morgan fingerprint density at radius 2 is 1.78 bits per heavy atom. The third-order valence-corrected chi connectivity index (χ3v) is 6.04. The van der Waals surface area contributed by atoms with Crippen LogP contribution in [0.4, 0.5) is 0 Å². The molecule has 2 saturated heterocycles. The number of imide groups is 1. The minimum atomic E-state index is -0.630. The topological polar surface area (TPSA) is 60.9 Å². The SMILES string of the molecule is CC1CCN(C[C@@H](O)CN2C(=O)CC3(CCCCC3)C2=O)CC1. The Hall–Kier alpha value is -0.940. The fraction of sp³-hybridized carbons (Fsp3) is 0.889. The molecule has 0 radical (unpaired) electrons. The third kappa shape index (κ3) is 3.61. The van der Waals surface area contributed by atoms with Crippen molar-refractivity contribution in [2.75, 3.05) is 26.2 Å². The lowest BCUT2D eigenvalue weighted by atomic mass is 9.73. The lowest BCUT2D eigenvalue weighted by Gasteiger charge is -2.33. The number of nitrogens with zero attached hydrogens (tertiary/aromatic N) is 2. The van der Waals surface area contributed by atoms with Gasteiger partial charge in [-0.25, -0.2) is 0 Å². The number of hydrogen-bond donors (Lipinski definition) is 1. The molecule has 130 valence electrons. The summed E-state index contributed by atoms with van der Waals surface area (Å²) < 4.78 is 0. The average Bonchev–Trinajstić information content (AvgIpc) is 2.75. The number of likely N-dealkylation sites (tertiary alicyclic amines) is 2. The van der Waals surface area contributed by atoms with Gasteiger partial charge in [0.25, 0.3) is 0 Å². The first kappa shape index (κ1) is 16.9. The Bertz CT molecular complexity index is 451. The molecule has 2 heterocycles. The molecule has 23 heavy (non-hydrogen) atoms. The van der Waals surface area contributed by atoms with E-state index in [1.807, 2.05) is 0 Å². The van der Waals surface area contributed by atoms with Crippen molar-refractivity contribution in [1.82, 2.24) is 9.80 Å². The van der Waals surface area contributed by atoms with E-state index < -0.39 is 11.5 Å². The van der Waals surface area contributed by atoms with Crippen molar-refractivity contribution in [3.63, 3.8) is 0 Å². The van der Waals surface area contributed by atoms with Gasteiger partial charge in [0.1, 0.15) is 0 Å². The van der Waals surface area contributed by atoms with Gasteiger partial charge in [-0.3, -0.25) is 14.5 Å². The summed E-state index contributed by atoms with van der Waals surface area (Å²) in [6.07, 6.45) is 6.99. The van der Waals surface area contributed by atoms with Crippen LogP contribution in [-0.2, 0) is 9.59 Å². The molecule has 0 aromatic rings. The summed E-state index contributed by atoms with van der Waals surface area (Å²) >= 11 is 0. The van der Waals surface area contributed by atoms with Crippen LogP contribution in [0.5, 0.6) is 0 Å². The molecule has 5 nitrogen and oxygen atoms in total. The quantitative estimate of drug-likeness (QED) is 0.802. The number of aliphatic hydroxyl groups excluding tert-OH is 1. The van der Waals surface area contributed by atoms with Gasteiger partial charge >= 0.3 is 0 Å². The molecule has 1 aliphatic carbocycles. The van der Waals surface area contributed by atoms with Crippen LogP contribution in [-0.4, -0.2) is 59.0 Å². The molecule has 1 N–H and O–H groups in total. The highest BCUT2D eigenvalue weighted by Gasteiger charge is 2.51. The predicted octanol–water partition coefficient (Wildman–Crippen LogP) is 1.79. The van der Waals surface area contributed by atoms with Crippen molar-refractivity contribution >= 4 is 11.8 Å². The lowest BCUT2D eigenvalue weighted by Crippen LogP contribution is -2.45. The number of aliphatic hydroxyl groups is 1. The summed E-state index contributed by atoms with van der Waals surface area (Å²) in [5, 5.41) is 10.4. The van der Waals surface area contributed by atoms with Gasteiger partial charge in [-0.15, -0.1) is 0 Å². The van der Waals surface area contributed by atoms with Crippen molar-refractivity contribution in [3.05, 3.63) is 0 Å². The van der Waals surface area contributed by atoms with Gasteiger partial charge in [0.2, 0.25) is 11.8 Å². The van der Waals surface area contributed by atoms with Crippen molar-refractivity contribution in [2.24, 2.45) is 11.3 Å². The van der Waals surface area contributed by atoms with Gasteiger partial charge in [0.05, 0.1) is 18.1 Å². The van der Waals surface area contributed by atoms with Gasteiger partial charge < -0.3 is 10.0 Å². The Morgan fingerprint density at radius 1 is 1.13 bits per heavy atom. The van der Waals surface area contributed by atoms with E-state index in [2.05, 4.69) is 11.8 Å². The Morgan fingerprint density at radius 3 is 2.43 bits per heavy atom. The molecule has 0 aromatic heterocycles. The summed E-state index contributed by atoms with van der Waals surface area (Å²) in [6, 6.07) is 0. The van der Waals surface area contributed by atoms with Crippen LogP contribution in [0.1, 0.15) is 58.3 Å². The summed E-state index contributed by atoms with van der Waals surface area (Å²) in [4.78, 5) is 28.7. The highest BCUT2D eigenvalue weighted by Crippen LogP contribution is 2.45. The number of rotatable bonds is 4. The monoisotopic (exact) mass is 322 g/mol. The second-order valence-electron chi connectivity index (χ2n) is 7.96. The Labute approximate surface area is 139 Å². The number of carbonyl (C=O) groups excluding carboxylic acids is 2. The van der Waals surface area contributed by atoms with Crippen molar-refractivity contribution in [1.29, 1.82) is 0 Å². The first-order valence-electron chi connectivity index (χ1n) is 9.25. The zero-order valence-corrected chi connectivity index (χ0v) is 14.3. The molecular formula is C18H30N2O3. The molecule has 3 rings (SSSR count). The van der Waals surface area contributed by atoms with Crippen LogP contribution in [0.25, 0.3) is 0 Å². The first-order chi connectivity index (χ1) is 11.0. The molecule has 3 aliphatic rings. The van der Waals surface area contributed by atoms with Gasteiger partial charge in [0, 0.05) is 13.0 Å². The summed E-state index contributed by atoms with van der Waals surface area (Å²) in [5.41, 5.74) is -0.435. The number of β-amino-alcohol motifs (C(OH)–C–C–N with tert-alkyl or cyclic N) is 1. The minimum absolute atomic E-state index is 0.0199. The van der Waals surface area contributed by atoms with Gasteiger partial charge in [-0.1, -0.05) is 26.2 Å². The number of carbonyl (C=O) groups is 2. The molecule has 0 bridgehead atoms. The van der Waals surface area contributed by atoms with Crippen molar-refractivity contribution in [2.45, 2.75) is 64.4 Å². The number of hydrogen-bond acceptors (Lipinski definition) is 4. The zero-order chi connectivity index (χ0) is 16.4. The second kappa shape index (κ2) is 6.89. The number of amides is 2. The van der Waals surface area contributed by atoms with Crippen LogP contribution in [0.2, 0.25) is 0 Å². The molecule has 5 heteroatoms. The molecule has 3 fully saturated rings. The van der Waals surface area contributed by atoms with E-state index in [0.29, 0.717) is 13.0 Å². The van der Waals surface area contributed by atoms with Crippen molar-refractivity contribution < 1.29 is 14.7 Å². The summed E-state index contributed by atoms with van der Waals surface area (Å²) in [7, 11) is 0. The van der Waals surface area contributed by atoms with E-state index in [0.717, 1.165) is 57.5 Å². The maximum Gasteiger partial charge on any atom is 0.235 e. The fourth-order valence-corrected chi connectivity index (χ4v) is 4.48. The maximum absolute atomic E-state index is 12.7. The molecule has 1 spiro atoms. The van der Waals surface area contributed by atoms with Gasteiger partial charge in [-0.2, -0.15) is 0 Å². The van der Waals surface area contributed by atoms with E-state index in [9.17, 15) is 14.7 Å². The van der Waals surface area contributed by atoms with Gasteiger partial charge in [-0.05, 0) is 44.7 Å². The second-order valence-corrected chi connectivity index (χ2v) is 7.96. The van der Waals surface area contributed by atoms with Gasteiger partial charge in [0.15, 0.2) is 0 Å². The molecule has 2 amide bonds. The smallest absolute Gasteiger partial charge is 0.235 e. The highest BCUT2D eigenvalue weighted by atomic mass is 16.3. The maximum atomic E-state index is 12.7. The first-order valence-corrected chi connectivity index (χ1v) is 9.25. The summed E-state index contributed by atoms with van der Waals surface area (Å²) in [5.74, 6) is 0.660. The third-order valence-electron chi connectivity index (χ3n) is 6.04. The van der Waals surface area contributed by atoms with E-state index in [1.54, 1.807) is 0 Å². The van der Waals surface area contributed by atoms with E-state index >= 15 is 0 Å². The Balaban J connectivity index is 1.54. The normalized spacial score (nSPS) is 27.8. The molecule has 0 unspecified atom stereocenters. The molecule has 1 atom stereocenters. The number of piperidine rings is 1. The molecular weight excluding hydrogens is 292 g/mol. The van der Waals surface area contributed by atoms with E-state index in [1.165, 1.54) is 11.3 Å². The Kier molecular flexibility index (Phi) is 5.07. The average molecular weight is 322 g/mol. The predicted molar refractivity (Wildman–Crippen MR) is 87.7 cm³/mol. The lowest BCUT2D eigenvalue weighted by molar-refractivity contribution is -0.144. The molecule has 1 saturated carbocycles. The highest BCUT2D eigenvalue weighted by molar-refractivity contribution is 6.05. The minimum Gasteiger partial charge on any atom is -0.390 e. The largest absolute Gasteiger partial charge is 0.390 e. The molecule has 0 aromatic carbocycles. The summed E-state index contributed by atoms with van der Waals surface area (Å²) in [6.45, 7) is 5.01. The van der Waals surface area contributed by atoms with Crippen LogP contribution >= 0.6 is 0 Å². The van der Waals surface area contributed by atoms with Crippen LogP contribution in [0, 0.1) is 11.3 Å². The molecule has 2 aliphatic heterocycles. The van der Waals surface area contributed by atoms with E-state index in [4.69, 9.17) is 0 Å². The fourth-order valence-electron chi connectivity index (χ4n) is 4.48. The van der Waals surface area contributed by atoms with Crippen LogP contribution in [0.15, 0.2) is 0 Å². The zero-order valence-electron chi connectivity index (χ0n) is 14.3. The standard InChI is InChI=1S/C18H30N2O3/c1-14-5-9-19(10-6-14)12-15(21)13-20-16(22)11-18(17(20)23)7-3-2-4-8-18/h14-15,21H,2-13H2,1H3/t15-/m1/s1.